The molecule has 0 aliphatic rings. The molecule has 0 bridgehead atoms. The van der Waals surface area contributed by atoms with Crippen LogP contribution in [0.15, 0.2) is 34.2 Å². The number of carbonyl (C=O) groups excluding carboxylic acids is 1. The lowest BCUT2D eigenvalue weighted by Gasteiger charge is -2.08. The quantitative estimate of drug-likeness (QED) is 0.575. The number of nitrogens with one attached hydrogen (secondary N) is 2. The molecule has 6 nitrogen and oxygen atoms in total. The van der Waals surface area contributed by atoms with Crippen LogP contribution in [0, 0.1) is 5.82 Å². The molecule has 2 rings (SSSR count). The molecular weight excluding hydrogens is 321 g/mol. The molecule has 0 unspecified atom stereocenters. The van der Waals surface area contributed by atoms with Gasteiger partial charge in [0.2, 0.25) is 11.8 Å². The van der Waals surface area contributed by atoms with Crippen molar-refractivity contribution in [2.45, 2.75) is 24.9 Å². The van der Waals surface area contributed by atoms with Crippen LogP contribution in [-0.2, 0) is 4.79 Å². The number of aromatic hydroxyl groups is 1. The molecule has 0 aliphatic carbocycles. The normalized spacial score (nSPS) is 10.8. The Bertz CT molecular complexity index is 777. The number of hydrogen-bond acceptors (Lipinski definition) is 5. The Morgan fingerprint density at radius 1 is 1.43 bits per heavy atom. The van der Waals surface area contributed by atoms with Gasteiger partial charge in [-0.15, -0.1) is 0 Å². The van der Waals surface area contributed by atoms with Gasteiger partial charge >= 0.3 is 0 Å². The summed E-state index contributed by atoms with van der Waals surface area (Å²) in [5.41, 5.74) is -0.160. The summed E-state index contributed by atoms with van der Waals surface area (Å²) in [6.07, 6.45) is 0. The number of thioether (sulfide) groups is 1. The molecule has 122 valence electrons. The van der Waals surface area contributed by atoms with Crippen LogP contribution in [0.1, 0.15) is 25.3 Å². The number of para-hydroxylation sites is 1. The lowest BCUT2D eigenvalue weighted by Crippen LogP contribution is -2.18. The number of aromatic nitrogens is 2. The van der Waals surface area contributed by atoms with Crippen molar-refractivity contribution in [1.82, 2.24) is 9.97 Å². The molecule has 1 amide bonds. The van der Waals surface area contributed by atoms with E-state index >= 15 is 0 Å². The van der Waals surface area contributed by atoms with Crippen molar-refractivity contribution in [2.24, 2.45) is 0 Å². The van der Waals surface area contributed by atoms with Gasteiger partial charge in [-0.1, -0.05) is 37.7 Å². The molecule has 0 aliphatic heterocycles. The van der Waals surface area contributed by atoms with Crippen molar-refractivity contribution >= 4 is 23.4 Å². The molecule has 1 heterocycles. The predicted octanol–water partition coefficient (Wildman–Crippen LogP) is 2.47. The Balaban J connectivity index is 2.02. The summed E-state index contributed by atoms with van der Waals surface area (Å²) in [6.45, 7) is 3.53. The fraction of sp³-hybridized carbons (Fsp3) is 0.267. The number of benzene rings is 1. The van der Waals surface area contributed by atoms with Crippen LogP contribution in [0.5, 0.6) is 5.88 Å². The van der Waals surface area contributed by atoms with E-state index in [4.69, 9.17) is 0 Å². The van der Waals surface area contributed by atoms with Crippen LogP contribution in [-0.4, -0.2) is 26.7 Å². The molecule has 23 heavy (non-hydrogen) atoms. The Hall–Kier alpha value is -2.35. The first-order chi connectivity index (χ1) is 10.9. The molecule has 0 spiro atoms. The van der Waals surface area contributed by atoms with Crippen molar-refractivity contribution in [1.29, 1.82) is 0 Å². The van der Waals surface area contributed by atoms with Gasteiger partial charge in [0.25, 0.3) is 5.56 Å². The highest BCUT2D eigenvalue weighted by Gasteiger charge is 2.15. The Morgan fingerprint density at radius 2 is 2.13 bits per heavy atom. The van der Waals surface area contributed by atoms with Gasteiger partial charge in [-0.25, -0.2) is 4.39 Å². The third-order valence-corrected chi connectivity index (χ3v) is 3.85. The number of hydrogen-bond donors (Lipinski definition) is 3. The maximum atomic E-state index is 13.4. The van der Waals surface area contributed by atoms with Crippen molar-refractivity contribution in [2.75, 3.05) is 11.1 Å². The standard InChI is InChI=1S/C15H16FN3O3S/c1-8(2)12-13(21)18-15(19-14(12)22)23-7-11(20)17-10-6-4-3-5-9(10)16/h3-6,8H,7H2,1-2H3,(H,17,20)(H2,18,19,21,22). The molecule has 0 radical (unpaired) electrons. The van der Waals surface area contributed by atoms with Crippen molar-refractivity contribution in [3.05, 3.63) is 46.0 Å². The monoisotopic (exact) mass is 337 g/mol. The van der Waals surface area contributed by atoms with Crippen LogP contribution in [0.3, 0.4) is 0 Å². The van der Waals surface area contributed by atoms with Crippen molar-refractivity contribution < 1.29 is 14.3 Å². The summed E-state index contributed by atoms with van der Waals surface area (Å²) in [4.78, 5) is 30.0. The zero-order chi connectivity index (χ0) is 17.0. The Labute approximate surface area is 136 Å². The predicted molar refractivity (Wildman–Crippen MR) is 86.4 cm³/mol. The molecule has 0 fully saturated rings. The largest absolute Gasteiger partial charge is 0.493 e. The maximum Gasteiger partial charge on any atom is 0.258 e. The van der Waals surface area contributed by atoms with Gasteiger partial charge in [0.15, 0.2) is 5.16 Å². The smallest absolute Gasteiger partial charge is 0.258 e. The van der Waals surface area contributed by atoms with E-state index in [2.05, 4.69) is 15.3 Å². The second kappa shape index (κ2) is 7.28. The van der Waals surface area contributed by atoms with Gasteiger partial charge in [0.1, 0.15) is 5.82 Å². The second-order valence-electron chi connectivity index (χ2n) is 5.08. The van der Waals surface area contributed by atoms with Crippen LogP contribution in [0.4, 0.5) is 10.1 Å². The topological polar surface area (TPSA) is 95.1 Å². The lowest BCUT2D eigenvalue weighted by molar-refractivity contribution is -0.113. The summed E-state index contributed by atoms with van der Waals surface area (Å²) in [5.74, 6) is -1.58. The van der Waals surface area contributed by atoms with Gasteiger partial charge < -0.3 is 15.4 Å². The molecular formula is C15H16FN3O3S. The summed E-state index contributed by atoms with van der Waals surface area (Å²) < 4.78 is 13.4. The summed E-state index contributed by atoms with van der Waals surface area (Å²) in [7, 11) is 0. The molecule has 0 saturated heterocycles. The van der Waals surface area contributed by atoms with Gasteiger partial charge in [-0.2, -0.15) is 4.98 Å². The summed E-state index contributed by atoms with van der Waals surface area (Å²) >= 11 is 0.941. The Morgan fingerprint density at radius 3 is 2.74 bits per heavy atom. The average Bonchev–Trinajstić information content (AvgIpc) is 2.46. The van der Waals surface area contributed by atoms with Crippen LogP contribution in [0.2, 0.25) is 0 Å². The van der Waals surface area contributed by atoms with E-state index in [0.717, 1.165) is 11.8 Å². The third-order valence-electron chi connectivity index (χ3n) is 2.98. The Kier molecular flexibility index (Phi) is 5.38. The zero-order valence-electron chi connectivity index (χ0n) is 12.6. The summed E-state index contributed by atoms with van der Waals surface area (Å²) in [5, 5.41) is 12.3. The fourth-order valence-electron chi connectivity index (χ4n) is 1.92. The zero-order valence-corrected chi connectivity index (χ0v) is 13.4. The van der Waals surface area contributed by atoms with E-state index in [0.29, 0.717) is 0 Å². The minimum Gasteiger partial charge on any atom is -0.493 e. The van der Waals surface area contributed by atoms with E-state index < -0.39 is 17.3 Å². The van der Waals surface area contributed by atoms with Gasteiger partial charge in [0, 0.05) is 0 Å². The highest BCUT2D eigenvalue weighted by atomic mass is 32.2. The molecule has 3 N–H and O–H groups in total. The molecule has 0 saturated carbocycles. The van der Waals surface area contributed by atoms with E-state index in [-0.39, 0.29) is 34.0 Å². The minimum absolute atomic E-state index is 0.0811. The van der Waals surface area contributed by atoms with Crippen LogP contribution in [0.25, 0.3) is 0 Å². The average molecular weight is 337 g/mol. The highest BCUT2D eigenvalue weighted by molar-refractivity contribution is 7.99. The molecule has 2 aromatic rings. The van der Waals surface area contributed by atoms with Crippen molar-refractivity contribution in [3.8, 4) is 5.88 Å². The number of aromatic amines is 1. The first-order valence-electron chi connectivity index (χ1n) is 6.89. The van der Waals surface area contributed by atoms with Gasteiger partial charge in [0.05, 0.1) is 17.0 Å². The number of carbonyl (C=O) groups is 1. The van der Waals surface area contributed by atoms with Crippen molar-refractivity contribution in [3.63, 3.8) is 0 Å². The van der Waals surface area contributed by atoms with E-state index in [1.165, 1.54) is 18.2 Å². The van der Waals surface area contributed by atoms with Gasteiger partial charge in [-0.05, 0) is 18.1 Å². The molecule has 1 aromatic heterocycles. The van der Waals surface area contributed by atoms with E-state index in [1.54, 1.807) is 19.9 Å². The summed E-state index contributed by atoms with van der Waals surface area (Å²) in [6, 6.07) is 5.81. The SMILES string of the molecule is CC(C)c1c(O)nc(SCC(=O)Nc2ccccc2F)[nH]c1=O. The maximum absolute atomic E-state index is 13.4. The second-order valence-corrected chi connectivity index (χ2v) is 6.04. The van der Waals surface area contributed by atoms with E-state index in [1.807, 2.05) is 0 Å². The third kappa shape index (κ3) is 4.32. The number of rotatable bonds is 5. The van der Waals surface area contributed by atoms with Crippen LogP contribution < -0.4 is 10.9 Å². The first kappa shape index (κ1) is 17.0. The number of anilines is 1. The number of H-pyrrole nitrogens is 1. The number of nitrogens with zero attached hydrogens (tertiary/aromatic N) is 1. The minimum atomic E-state index is -0.531. The van der Waals surface area contributed by atoms with Gasteiger partial charge in [-0.3, -0.25) is 9.59 Å². The number of halogens is 1. The van der Waals surface area contributed by atoms with E-state index in [9.17, 15) is 19.1 Å². The fourth-order valence-corrected chi connectivity index (χ4v) is 2.58. The lowest BCUT2D eigenvalue weighted by atomic mass is 10.1. The highest BCUT2D eigenvalue weighted by Crippen LogP contribution is 2.22. The molecule has 0 atom stereocenters. The first-order valence-corrected chi connectivity index (χ1v) is 7.87. The molecule has 8 heteroatoms. The number of amides is 1. The van der Waals surface area contributed by atoms with Crippen LogP contribution >= 0.6 is 11.8 Å². The molecule has 1 aromatic carbocycles.